The van der Waals surface area contributed by atoms with E-state index in [0.29, 0.717) is 16.5 Å². The number of nitrogens with zero attached hydrogens (tertiary/aromatic N) is 3. The van der Waals surface area contributed by atoms with Crippen molar-refractivity contribution >= 4 is 28.3 Å². The summed E-state index contributed by atoms with van der Waals surface area (Å²) in [6.07, 6.45) is 0. The Morgan fingerprint density at radius 3 is 2.16 bits per heavy atom. The van der Waals surface area contributed by atoms with Gasteiger partial charge in [-0.3, -0.25) is 14.4 Å². The van der Waals surface area contributed by atoms with Gasteiger partial charge in [-0.25, -0.2) is 4.68 Å². The van der Waals surface area contributed by atoms with E-state index in [9.17, 15) is 14.4 Å². The number of hydrogen-bond acceptors (Lipinski definition) is 4. The SMILES string of the molecule is CN(CC(=O)Nc1ccccc1)C(=O)c1nn(Cc2ccccc2)c(=O)c2ccccc12. The minimum atomic E-state index is -0.439. The molecule has 4 rings (SSSR count). The predicted octanol–water partition coefficient (Wildman–Crippen LogP) is 3.16. The average molecular weight is 426 g/mol. The van der Waals surface area contributed by atoms with Crippen LogP contribution in [-0.4, -0.2) is 40.1 Å². The van der Waals surface area contributed by atoms with E-state index in [2.05, 4.69) is 10.4 Å². The lowest BCUT2D eigenvalue weighted by atomic mass is 10.1. The van der Waals surface area contributed by atoms with Crippen LogP contribution in [0.1, 0.15) is 16.1 Å². The number of rotatable bonds is 6. The second kappa shape index (κ2) is 9.26. The van der Waals surface area contributed by atoms with Crippen LogP contribution in [0.25, 0.3) is 10.8 Å². The maximum Gasteiger partial charge on any atom is 0.275 e. The number of carbonyl (C=O) groups is 2. The zero-order chi connectivity index (χ0) is 22.5. The molecule has 0 atom stereocenters. The van der Waals surface area contributed by atoms with Gasteiger partial charge in [-0.1, -0.05) is 66.7 Å². The predicted molar refractivity (Wildman–Crippen MR) is 124 cm³/mol. The molecule has 0 saturated heterocycles. The number of para-hydroxylation sites is 1. The molecule has 0 radical (unpaired) electrons. The van der Waals surface area contributed by atoms with Crippen molar-refractivity contribution in [3.8, 4) is 0 Å². The molecule has 0 unspecified atom stereocenters. The topological polar surface area (TPSA) is 84.3 Å². The van der Waals surface area contributed by atoms with Gasteiger partial charge in [0.25, 0.3) is 11.5 Å². The molecule has 2 amide bonds. The van der Waals surface area contributed by atoms with Gasteiger partial charge in [0.15, 0.2) is 5.69 Å². The Balaban J connectivity index is 1.63. The van der Waals surface area contributed by atoms with Gasteiger partial charge in [-0.05, 0) is 23.8 Å². The molecule has 32 heavy (non-hydrogen) atoms. The highest BCUT2D eigenvalue weighted by atomic mass is 16.2. The van der Waals surface area contributed by atoms with Crippen molar-refractivity contribution < 1.29 is 9.59 Å². The van der Waals surface area contributed by atoms with Crippen LogP contribution in [0.2, 0.25) is 0 Å². The quantitative estimate of drug-likeness (QED) is 0.513. The molecule has 7 nitrogen and oxygen atoms in total. The van der Waals surface area contributed by atoms with Crippen LogP contribution in [0.4, 0.5) is 5.69 Å². The summed E-state index contributed by atoms with van der Waals surface area (Å²) in [5.74, 6) is -0.764. The van der Waals surface area contributed by atoms with Crippen molar-refractivity contribution in [3.63, 3.8) is 0 Å². The van der Waals surface area contributed by atoms with Crippen molar-refractivity contribution in [1.82, 2.24) is 14.7 Å². The first-order chi connectivity index (χ1) is 15.5. The van der Waals surface area contributed by atoms with Crippen LogP contribution in [-0.2, 0) is 11.3 Å². The molecule has 0 spiro atoms. The summed E-state index contributed by atoms with van der Waals surface area (Å²) in [5, 5.41) is 8.02. The molecule has 160 valence electrons. The minimum Gasteiger partial charge on any atom is -0.331 e. The number of benzene rings is 3. The molecule has 1 heterocycles. The van der Waals surface area contributed by atoms with Crippen LogP contribution < -0.4 is 10.9 Å². The Bertz CT molecular complexity index is 1320. The number of fused-ring (bicyclic) bond motifs is 1. The number of anilines is 1. The second-order valence-electron chi connectivity index (χ2n) is 7.42. The smallest absolute Gasteiger partial charge is 0.275 e. The summed E-state index contributed by atoms with van der Waals surface area (Å²) in [6.45, 7) is 0.0878. The fourth-order valence-corrected chi connectivity index (χ4v) is 3.45. The molecule has 0 saturated carbocycles. The average Bonchev–Trinajstić information content (AvgIpc) is 2.81. The summed E-state index contributed by atoms with van der Waals surface area (Å²) in [4.78, 5) is 39.9. The number of amides is 2. The number of hydrogen-bond donors (Lipinski definition) is 1. The first-order valence-electron chi connectivity index (χ1n) is 10.2. The van der Waals surface area contributed by atoms with Gasteiger partial charge in [-0.15, -0.1) is 0 Å². The van der Waals surface area contributed by atoms with Crippen molar-refractivity contribution in [2.24, 2.45) is 0 Å². The molecule has 3 aromatic carbocycles. The molecular formula is C25H22N4O3. The van der Waals surface area contributed by atoms with Crippen molar-refractivity contribution in [2.75, 3.05) is 18.9 Å². The summed E-state index contributed by atoms with van der Waals surface area (Å²) in [5.41, 5.74) is 1.40. The number of aromatic nitrogens is 2. The maximum absolute atomic E-state index is 13.2. The maximum atomic E-state index is 13.2. The summed E-state index contributed by atoms with van der Waals surface area (Å²) < 4.78 is 1.29. The van der Waals surface area contributed by atoms with E-state index < -0.39 is 5.91 Å². The molecule has 0 aliphatic carbocycles. The lowest BCUT2D eigenvalue weighted by molar-refractivity contribution is -0.116. The van der Waals surface area contributed by atoms with Gasteiger partial charge in [0, 0.05) is 18.1 Å². The highest BCUT2D eigenvalue weighted by Crippen LogP contribution is 2.16. The van der Waals surface area contributed by atoms with Crippen LogP contribution in [0.3, 0.4) is 0 Å². The summed E-state index contributed by atoms with van der Waals surface area (Å²) in [6, 6.07) is 25.4. The van der Waals surface area contributed by atoms with E-state index in [1.54, 1.807) is 36.4 Å². The molecule has 0 fully saturated rings. The van der Waals surface area contributed by atoms with Crippen LogP contribution in [0, 0.1) is 0 Å². The highest BCUT2D eigenvalue weighted by Gasteiger charge is 2.21. The van der Waals surface area contributed by atoms with Gasteiger partial charge >= 0.3 is 0 Å². The van der Waals surface area contributed by atoms with Gasteiger partial charge in [0.2, 0.25) is 5.91 Å². The lowest BCUT2D eigenvalue weighted by Crippen LogP contribution is -2.37. The van der Waals surface area contributed by atoms with Crippen LogP contribution >= 0.6 is 0 Å². The first-order valence-corrected chi connectivity index (χ1v) is 10.2. The highest BCUT2D eigenvalue weighted by molar-refractivity contribution is 6.06. The fourth-order valence-electron chi connectivity index (χ4n) is 3.45. The minimum absolute atomic E-state index is 0.131. The second-order valence-corrected chi connectivity index (χ2v) is 7.42. The Hall–Kier alpha value is -4.26. The standard InChI is InChI=1S/C25H22N4O3/c1-28(17-22(30)26-19-12-6-3-7-13-19)25(32)23-20-14-8-9-15-21(20)24(31)29(27-23)16-18-10-4-2-5-11-18/h2-15H,16-17H2,1H3,(H,26,30). The van der Waals surface area contributed by atoms with E-state index in [-0.39, 0.29) is 30.2 Å². The molecule has 7 heteroatoms. The Morgan fingerprint density at radius 1 is 0.875 bits per heavy atom. The van der Waals surface area contributed by atoms with Crippen LogP contribution in [0.15, 0.2) is 89.7 Å². The Morgan fingerprint density at radius 2 is 1.47 bits per heavy atom. The number of carbonyl (C=O) groups excluding carboxylic acids is 2. The third-order valence-corrected chi connectivity index (χ3v) is 5.03. The van der Waals surface area contributed by atoms with Crippen molar-refractivity contribution in [3.05, 3.63) is 107 Å². The monoisotopic (exact) mass is 426 g/mol. The van der Waals surface area contributed by atoms with E-state index in [1.807, 2.05) is 48.5 Å². The molecule has 0 aliphatic heterocycles. The molecule has 0 bridgehead atoms. The fraction of sp³-hybridized carbons (Fsp3) is 0.120. The number of likely N-dealkylation sites (N-methyl/N-ethyl adjacent to an activating group) is 1. The third kappa shape index (κ3) is 4.57. The first kappa shape index (κ1) is 21.0. The van der Waals surface area contributed by atoms with E-state index in [4.69, 9.17) is 0 Å². The third-order valence-electron chi connectivity index (χ3n) is 5.03. The lowest BCUT2D eigenvalue weighted by Gasteiger charge is -2.18. The summed E-state index contributed by atoms with van der Waals surface area (Å²) >= 11 is 0. The van der Waals surface area contributed by atoms with E-state index >= 15 is 0 Å². The van der Waals surface area contributed by atoms with Crippen molar-refractivity contribution in [1.29, 1.82) is 0 Å². The summed E-state index contributed by atoms with van der Waals surface area (Å²) in [7, 11) is 1.54. The Kier molecular flexibility index (Phi) is 6.07. The van der Waals surface area contributed by atoms with Gasteiger partial charge in [0.05, 0.1) is 18.5 Å². The Labute approximate surface area is 184 Å². The zero-order valence-corrected chi connectivity index (χ0v) is 17.6. The molecular weight excluding hydrogens is 404 g/mol. The van der Waals surface area contributed by atoms with E-state index in [1.165, 1.54) is 16.6 Å². The number of nitrogens with one attached hydrogen (secondary N) is 1. The van der Waals surface area contributed by atoms with Gasteiger partial charge in [-0.2, -0.15) is 5.10 Å². The van der Waals surface area contributed by atoms with Crippen molar-refractivity contribution in [2.45, 2.75) is 6.54 Å². The van der Waals surface area contributed by atoms with Crippen LogP contribution in [0.5, 0.6) is 0 Å². The zero-order valence-electron chi connectivity index (χ0n) is 17.6. The van der Waals surface area contributed by atoms with Gasteiger partial charge < -0.3 is 10.2 Å². The van der Waals surface area contributed by atoms with Gasteiger partial charge in [0.1, 0.15) is 0 Å². The largest absolute Gasteiger partial charge is 0.331 e. The molecule has 1 N–H and O–H groups in total. The van der Waals surface area contributed by atoms with E-state index in [0.717, 1.165) is 5.56 Å². The normalized spacial score (nSPS) is 10.7. The molecule has 0 aliphatic rings. The molecule has 1 aromatic heterocycles. The molecule has 4 aromatic rings.